The topological polar surface area (TPSA) is 76.5 Å². The lowest BCUT2D eigenvalue weighted by Crippen LogP contribution is -2.57. The number of para-hydroxylation sites is 1. The summed E-state index contributed by atoms with van der Waals surface area (Å²) in [6, 6.07) is 7.44. The molecule has 1 N–H and O–H groups in total. The Kier molecular flexibility index (Phi) is 7.12. The lowest BCUT2D eigenvalue weighted by Gasteiger charge is -2.42. The summed E-state index contributed by atoms with van der Waals surface area (Å²) in [4.78, 5) is 28.4. The number of rotatable bonds is 3. The summed E-state index contributed by atoms with van der Waals surface area (Å²) in [6.07, 6.45) is 8.89. The van der Waals surface area contributed by atoms with E-state index in [-0.39, 0.29) is 23.9 Å². The zero-order valence-electron chi connectivity index (χ0n) is 19.2. The molecular weight excluding hydrogens is 404 g/mol. The lowest BCUT2D eigenvalue weighted by atomic mass is 9.90. The van der Waals surface area contributed by atoms with Gasteiger partial charge in [0.05, 0.1) is 23.9 Å². The second-order valence-electron chi connectivity index (χ2n) is 8.98. The molecule has 0 bridgehead atoms. The molecule has 7 heteroatoms. The first-order chi connectivity index (χ1) is 15.5. The number of ether oxygens (including phenoxy) is 1. The highest BCUT2D eigenvalue weighted by atomic mass is 16.5. The van der Waals surface area contributed by atoms with Crippen LogP contribution in [0.15, 0.2) is 30.5 Å². The number of likely N-dealkylation sites (tertiary alicyclic amines) is 1. The van der Waals surface area contributed by atoms with Crippen LogP contribution in [0.4, 0.5) is 0 Å². The summed E-state index contributed by atoms with van der Waals surface area (Å²) in [7, 11) is 1.91. The number of piperidine rings is 1. The van der Waals surface area contributed by atoms with Crippen molar-refractivity contribution in [1.29, 1.82) is 0 Å². The van der Waals surface area contributed by atoms with Crippen LogP contribution < -0.4 is 10.1 Å². The number of aromatic nitrogens is 2. The zero-order valence-corrected chi connectivity index (χ0v) is 19.2. The van der Waals surface area contributed by atoms with E-state index in [1.165, 1.54) is 0 Å². The highest BCUT2D eigenvalue weighted by Gasteiger charge is 2.35. The van der Waals surface area contributed by atoms with Crippen molar-refractivity contribution < 1.29 is 14.3 Å². The summed E-state index contributed by atoms with van der Waals surface area (Å²) in [6.45, 7) is 3.35. The van der Waals surface area contributed by atoms with Crippen molar-refractivity contribution in [3.8, 4) is 5.75 Å². The summed E-state index contributed by atoms with van der Waals surface area (Å²) in [5.74, 6) is 0.696. The number of nitrogens with zero attached hydrogens (tertiary/aromatic N) is 3. The summed E-state index contributed by atoms with van der Waals surface area (Å²) in [5, 5.41) is 7.62. The summed E-state index contributed by atoms with van der Waals surface area (Å²) in [5.41, 5.74) is 2.68. The maximum atomic E-state index is 13.3. The van der Waals surface area contributed by atoms with Crippen LogP contribution in [0.3, 0.4) is 0 Å². The van der Waals surface area contributed by atoms with Gasteiger partial charge in [-0.1, -0.05) is 18.6 Å². The number of fused-ring (bicyclic) bond motifs is 2. The van der Waals surface area contributed by atoms with Gasteiger partial charge in [-0.3, -0.25) is 14.3 Å². The third-order valence-electron chi connectivity index (χ3n) is 6.67. The molecule has 1 saturated heterocycles. The molecule has 1 aromatic heterocycles. The maximum Gasteiger partial charge on any atom is 0.255 e. The molecule has 1 fully saturated rings. The second-order valence-corrected chi connectivity index (χ2v) is 8.98. The number of nitrogens with one attached hydrogen (secondary N) is 1. The van der Waals surface area contributed by atoms with E-state index >= 15 is 0 Å². The van der Waals surface area contributed by atoms with E-state index in [0.29, 0.717) is 30.8 Å². The van der Waals surface area contributed by atoms with Crippen molar-refractivity contribution in [1.82, 2.24) is 20.0 Å². The molecule has 0 saturated carbocycles. The van der Waals surface area contributed by atoms with Gasteiger partial charge in [0.2, 0.25) is 5.91 Å². The van der Waals surface area contributed by atoms with Crippen molar-refractivity contribution >= 4 is 11.8 Å². The van der Waals surface area contributed by atoms with Crippen molar-refractivity contribution in [2.75, 3.05) is 13.2 Å². The van der Waals surface area contributed by atoms with Gasteiger partial charge in [-0.25, -0.2) is 0 Å². The van der Waals surface area contributed by atoms with E-state index in [2.05, 4.69) is 10.4 Å². The molecule has 1 aromatic carbocycles. The Hall–Kier alpha value is -2.83. The molecule has 2 aliphatic heterocycles. The second kappa shape index (κ2) is 10.2. The summed E-state index contributed by atoms with van der Waals surface area (Å²) < 4.78 is 7.68. The van der Waals surface area contributed by atoms with Gasteiger partial charge in [0.1, 0.15) is 5.75 Å². The van der Waals surface area contributed by atoms with Crippen LogP contribution in [0.2, 0.25) is 0 Å². The summed E-state index contributed by atoms with van der Waals surface area (Å²) >= 11 is 0. The SMILES string of the molecule is Cc1nn(C)cc1CCC(=O)N1CCC[C@@H]2NC(=O)c3ccccc3OCCCCC[C@@H]21. The Morgan fingerprint density at radius 2 is 2.03 bits per heavy atom. The molecule has 2 atom stereocenters. The Morgan fingerprint density at radius 1 is 1.19 bits per heavy atom. The monoisotopic (exact) mass is 438 g/mol. The average molecular weight is 439 g/mol. The van der Waals surface area contributed by atoms with Gasteiger partial charge >= 0.3 is 0 Å². The van der Waals surface area contributed by atoms with Gasteiger partial charge < -0.3 is 15.0 Å². The molecule has 0 aliphatic carbocycles. The van der Waals surface area contributed by atoms with Gasteiger partial charge in [0.15, 0.2) is 0 Å². The molecule has 32 heavy (non-hydrogen) atoms. The molecular formula is C25H34N4O3. The van der Waals surface area contributed by atoms with E-state index in [1.807, 2.05) is 49.3 Å². The first-order valence-corrected chi connectivity index (χ1v) is 11.8. The zero-order chi connectivity index (χ0) is 22.5. The molecule has 0 spiro atoms. The minimum atomic E-state index is -0.114. The van der Waals surface area contributed by atoms with Crippen LogP contribution in [0.5, 0.6) is 5.75 Å². The van der Waals surface area contributed by atoms with Crippen LogP contribution >= 0.6 is 0 Å². The van der Waals surface area contributed by atoms with Crippen LogP contribution in [0, 0.1) is 6.92 Å². The first-order valence-electron chi connectivity index (χ1n) is 11.8. The quantitative estimate of drug-likeness (QED) is 0.797. The number of carbonyl (C=O) groups is 2. The Morgan fingerprint density at radius 3 is 2.84 bits per heavy atom. The van der Waals surface area contributed by atoms with E-state index in [9.17, 15) is 9.59 Å². The molecule has 4 rings (SSSR count). The van der Waals surface area contributed by atoms with Crippen molar-refractivity contribution in [2.45, 2.75) is 70.4 Å². The van der Waals surface area contributed by atoms with Gasteiger partial charge in [0.25, 0.3) is 5.91 Å². The smallest absolute Gasteiger partial charge is 0.255 e. The predicted octanol–water partition coefficient (Wildman–Crippen LogP) is 3.40. The van der Waals surface area contributed by atoms with Crippen molar-refractivity contribution in [3.05, 3.63) is 47.3 Å². The molecule has 2 aliphatic rings. The van der Waals surface area contributed by atoms with Crippen LogP contribution in [0.25, 0.3) is 0 Å². The first kappa shape index (κ1) is 22.4. The third-order valence-corrected chi connectivity index (χ3v) is 6.67. The highest BCUT2D eigenvalue weighted by Crippen LogP contribution is 2.26. The average Bonchev–Trinajstić information content (AvgIpc) is 3.11. The Labute approximate surface area is 190 Å². The number of benzene rings is 1. The fourth-order valence-corrected chi connectivity index (χ4v) is 5.01. The Balaban J connectivity index is 1.49. The lowest BCUT2D eigenvalue weighted by molar-refractivity contribution is -0.135. The molecule has 0 unspecified atom stereocenters. The minimum absolute atomic E-state index is 0.0344. The van der Waals surface area contributed by atoms with Crippen molar-refractivity contribution in [3.63, 3.8) is 0 Å². The maximum absolute atomic E-state index is 13.3. The fourth-order valence-electron chi connectivity index (χ4n) is 5.01. The number of aryl methyl sites for hydroxylation is 3. The predicted molar refractivity (Wildman–Crippen MR) is 123 cm³/mol. The van der Waals surface area contributed by atoms with Gasteiger partial charge in [0, 0.05) is 32.3 Å². The number of hydrogen-bond donors (Lipinski definition) is 1. The van der Waals surface area contributed by atoms with E-state index in [4.69, 9.17) is 4.74 Å². The molecule has 0 radical (unpaired) electrons. The van der Waals surface area contributed by atoms with Crippen LogP contribution in [-0.4, -0.2) is 51.7 Å². The third kappa shape index (κ3) is 5.14. The van der Waals surface area contributed by atoms with Gasteiger partial charge in [-0.2, -0.15) is 5.10 Å². The van der Waals surface area contributed by atoms with Crippen LogP contribution in [0.1, 0.15) is 66.6 Å². The van der Waals surface area contributed by atoms with Crippen LogP contribution in [-0.2, 0) is 18.3 Å². The van der Waals surface area contributed by atoms with Gasteiger partial charge in [-0.05, 0) is 63.1 Å². The fraction of sp³-hybridized carbons (Fsp3) is 0.560. The van der Waals surface area contributed by atoms with E-state index < -0.39 is 0 Å². The molecule has 2 aromatic rings. The molecule has 7 nitrogen and oxygen atoms in total. The molecule has 172 valence electrons. The highest BCUT2D eigenvalue weighted by molar-refractivity contribution is 5.97. The number of hydrogen-bond acceptors (Lipinski definition) is 4. The molecule has 2 amide bonds. The number of carbonyl (C=O) groups excluding carboxylic acids is 2. The minimum Gasteiger partial charge on any atom is -0.493 e. The van der Waals surface area contributed by atoms with Gasteiger partial charge in [-0.15, -0.1) is 0 Å². The normalized spacial score (nSPS) is 21.9. The standard InChI is InChI=1S/C25H34N4O3/c1-18-19(17-28(2)27-18)13-14-24(30)29-15-8-10-21-22(29)11-4-3-7-16-32-23-12-6-5-9-20(23)25(31)26-21/h5-6,9,12,17,21-22H,3-4,7-8,10-11,13-16H2,1-2H3,(H,26,31)/t21-,22-/m0/s1. The van der Waals surface area contributed by atoms with Crippen molar-refractivity contribution in [2.24, 2.45) is 7.05 Å². The van der Waals surface area contributed by atoms with E-state index in [0.717, 1.165) is 56.3 Å². The van der Waals surface area contributed by atoms with E-state index in [1.54, 1.807) is 4.68 Å². The molecule has 3 heterocycles. The number of amides is 2. The largest absolute Gasteiger partial charge is 0.493 e. The Bertz CT molecular complexity index is 954.